The van der Waals surface area contributed by atoms with E-state index in [4.69, 9.17) is 11.6 Å². The molecule has 0 amide bonds. The SMILES string of the molecule is O=C(O)C1=NN(c2ccc(Cl)c([N+](=O)[O-])c2)[C@@H](c2ccccc2)C1. The number of benzene rings is 2. The number of hydrogen-bond donors (Lipinski definition) is 1. The Hall–Kier alpha value is -2.93. The zero-order valence-electron chi connectivity index (χ0n) is 12.3. The van der Waals surface area contributed by atoms with Crippen molar-refractivity contribution in [2.24, 2.45) is 5.10 Å². The van der Waals surface area contributed by atoms with Gasteiger partial charge < -0.3 is 5.11 Å². The molecule has 1 heterocycles. The number of halogens is 1. The van der Waals surface area contributed by atoms with Crippen molar-refractivity contribution < 1.29 is 14.8 Å². The standard InChI is InChI=1S/C16H12ClN3O4/c17-12-7-6-11(8-15(12)20(23)24)19-14(9-13(18-19)16(21)22)10-4-2-1-3-5-10/h1-8,14H,9H2,(H,21,22)/t14-/m1/s1. The number of hydrazone groups is 1. The van der Waals surface area contributed by atoms with Gasteiger partial charge in [0.15, 0.2) is 0 Å². The third-order valence-electron chi connectivity index (χ3n) is 3.73. The molecule has 3 rings (SSSR count). The van der Waals surface area contributed by atoms with E-state index < -0.39 is 10.9 Å². The van der Waals surface area contributed by atoms with Crippen molar-refractivity contribution in [2.75, 3.05) is 5.01 Å². The first-order valence-electron chi connectivity index (χ1n) is 7.06. The van der Waals surface area contributed by atoms with Crippen LogP contribution in [-0.4, -0.2) is 21.7 Å². The quantitative estimate of drug-likeness (QED) is 0.674. The first-order valence-corrected chi connectivity index (χ1v) is 7.44. The zero-order valence-corrected chi connectivity index (χ0v) is 13.1. The Labute approximate surface area is 141 Å². The lowest BCUT2D eigenvalue weighted by molar-refractivity contribution is -0.384. The van der Waals surface area contributed by atoms with Gasteiger partial charge in [0.25, 0.3) is 5.69 Å². The molecule has 0 spiro atoms. The Bertz CT molecular complexity index is 838. The van der Waals surface area contributed by atoms with Crippen LogP contribution in [0.3, 0.4) is 0 Å². The van der Waals surface area contributed by atoms with Crippen molar-refractivity contribution in [2.45, 2.75) is 12.5 Å². The molecule has 2 aromatic carbocycles. The molecule has 8 heteroatoms. The second-order valence-corrected chi connectivity index (χ2v) is 5.63. The molecule has 1 atom stereocenters. The van der Waals surface area contributed by atoms with Crippen LogP contribution in [0.25, 0.3) is 0 Å². The van der Waals surface area contributed by atoms with E-state index in [1.54, 1.807) is 6.07 Å². The van der Waals surface area contributed by atoms with Gasteiger partial charge in [-0.05, 0) is 17.7 Å². The number of carboxylic acids is 1. The highest BCUT2D eigenvalue weighted by molar-refractivity contribution is 6.36. The molecule has 0 fully saturated rings. The van der Waals surface area contributed by atoms with E-state index >= 15 is 0 Å². The number of nitro groups is 1. The lowest BCUT2D eigenvalue weighted by Gasteiger charge is -2.23. The normalized spacial score (nSPS) is 16.8. The Kier molecular flexibility index (Phi) is 4.18. The average Bonchev–Trinajstić information content (AvgIpc) is 3.01. The number of carbonyl (C=O) groups is 1. The maximum Gasteiger partial charge on any atom is 0.352 e. The minimum absolute atomic E-state index is 0.00135. The fourth-order valence-corrected chi connectivity index (χ4v) is 2.78. The van der Waals surface area contributed by atoms with E-state index in [2.05, 4.69) is 5.10 Å². The highest BCUT2D eigenvalue weighted by Crippen LogP contribution is 2.38. The van der Waals surface area contributed by atoms with Crippen LogP contribution < -0.4 is 5.01 Å². The third-order valence-corrected chi connectivity index (χ3v) is 4.05. The molecule has 1 N–H and O–H groups in total. The van der Waals surface area contributed by atoms with Crippen LogP contribution in [0.5, 0.6) is 0 Å². The van der Waals surface area contributed by atoms with Crippen LogP contribution in [0.2, 0.25) is 5.02 Å². The van der Waals surface area contributed by atoms with Crippen LogP contribution in [0, 0.1) is 10.1 Å². The van der Waals surface area contributed by atoms with Crippen LogP contribution in [-0.2, 0) is 4.79 Å². The van der Waals surface area contributed by atoms with Crippen molar-refractivity contribution in [1.29, 1.82) is 0 Å². The summed E-state index contributed by atoms with van der Waals surface area (Å²) in [4.78, 5) is 21.8. The molecule has 1 aliphatic rings. The van der Waals surface area contributed by atoms with E-state index in [1.165, 1.54) is 17.1 Å². The van der Waals surface area contributed by atoms with Crippen LogP contribution in [0.1, 0.15) is 18.0 Å². The van der Waals surface area contributed by atoms with E-state index in [1.807, 2.05) is 30.3 Å². The van der Waals surface area contributed by atoms with Gasteiger partial charge in [-0.1, -0.05) is 41.9 Å². The zero-order chi connectivity index (χ0) is 17.3. The summed E-state index contributed by atoms with van der Waals surface area (Å²) in [6, 6.07) is 13.2. The number of aliphatic carboxylic acids is 1. The Morgan fingerprint density at radius 2 is 2.00 bits per heavy atom. The molecule has 122 valence electrons. The second kappa shape index (κ2) is 6.29. The van der Waals surface area contributed by atoms with Crippen molar-refractivity contribution in [3.05, 3.63) is 69.2 Å². The lowest BCUT2D eigenvalue weighted by Crippen LogP contribution is -2.18. The molecule has 1 aliphatic heterocycles. The molecule has 0 aliphatic carbocycles. The monoisotopic (exact) mass is 345 g/mol. The molecular formula is C16H12ClN3O4. The Morgan fingerprint density at radius 3 is 2.62 bits per heavy atom. The fourth-order valence-electron chi connectivity index (χ4n) is 2.60. The van der Waals surface area contributed by atoms with Crippen molar-refractivity contribution >= 4 is 34.7 Å². The summed E-state index contributed by atoms with van der Waals surface area (Å²) in [5.74, 6) is -1.11. The summed E-state index contributed by atoms with van der Waals surface area (Å²) in [6.07, 6.45) is 0.204. The van der Waals surface area contributed by atoms with Gasteiger partial charge in [-0.25, -0.2) is 4.79 Å². The second-order valence-electron chi connectivity index (χ2n) is 5.22. The van der Waals surface area contributed by atoms with Gasteiger partial charge in [0, 0.05) is 12.5 Å². The number of carboxylic acid groups (broad SMARTS) is 1. The van der Waals surface area contributed by atoms with Gasteiger partial charge in [-0.3, -0.25) is 15.1 Å². The van der Waals surface area contributed by atoms with E-state index in [-0.39, 0.29) is 28.9 Å². The molecule has 0 saturated carbocycles. The summed E-state index contributed by atoms with van der Waals surface area (Å²) in [6.45, 7) is 0. The topological polar surface area (TPSA) is 96.0 Å². The number of anilines is 1. The highest BCUT2D eigenvalue weighted by atomic mass is 35.5. The molecule has 7 nitrogen and oxygen atoms in total. The molecule has 2 aromatic rings. The van der Waals surface area contributed by atoms with Crippen LogP contribution in [0.4, 0.5) is 11.4 Å². The number of hydrogen-bond acceptors (Lipinski definition) is 5. The lowest BCUT2D eigenvalue weighted by atomic mass is 10.0. The summed E-state index contributed by atoms with van der Waals surface area (Å²) < 4.78 is 0. The molecule has 0 radical (unpaired) electrons. The molecule has 0 bridgehead atoms. The fraction of sp³-hybridized carbons (Fsp3) is 0.125. The average molecular weight is 346 g/mol. The maximum atomic E-state index is 11.3. The van der Waals surface area contributed by atoms with E-state index in [0.29, 0.717) is 5.69 Å². The Balaban J connectivity index is 2.06. The van der Waals surface area contributed by atoms with Gasteiger partial charge in [0.05, 0.1) is 16.7 Å². The van der Waals surface area contributed by atoms with Gasteiger partial charge in [0.1, 0.15) is 10.7 Å². The van der Waals surface area contributed by atoms with Gasteiger partial charge in [-0.2, -0.15) is 5.10 Å². The van der Waals surface area contributed by atoms with Crippen molar-refractivity contribution in [3.8, 4) is 0 Å². The first-order chi connectivity index (χ1) is 11.5. The van der Waals surface area contributed by atoms with E-state index in [0.717, 1.165) is 5.56 Å². The predicted molar refractivity (Wildman–Crippen MR) is 89.5 cm³/mol. The van der Waals surface area contributed by atoms with Crippen LogP contribution >= 0.6 is 11.6 Å². The van der Waals surface area contributed by atoms with Gasteiger partial charge in [-0.15, -0.1) is 0 Å². The van der Waals surface area contributed by atoms with Gasteiger partial charge in [0.2, 0.25) is 0 Å². The molecule has 0 unspecified atom stereocenters. The van der Waals surface area contributed by atoms with Crippen molar-refractivity contribution in [3.63, 3.8) is 0 Å². The molecular weight excluding hydrogens is 334 g/mol. The maximum absolute atomic E-state index is 11.3. The Morgan fingerprint density at radius 1 is 1.29 bits per heavy atom. The molecule has 0 aromatic heterocycles. The van der Waals surface area contributed by atoms with Crippen LogP contribution in [0.15, 0.2) is 53.6 Å². The smallest absolute Gasteiger partial charge is 0.352 e. The minimum atomic E-state index is -1.11. The van der Waals surface area contributed by atoms with Crippen molar-refractivity contribution in [1.82, 2.24) is 0 Å². The highest BCUT2D eigenvalue weighted by Gasteiger charge is 2.33. The third kappa shape index (κ3) is 2.93. The number of nitrogens with zero attached hydrogens (tertiary/aromatic N) is 3. The number of nitro benzene ring substituents is 1. The largest absolute Gasteiger partial charge is 0.477 e. The summed E-state index contributed by atoms with van der Waals surface area (Å²) in [5, 5.41) is 26.0. The minimum Gasteiger partial charge on any atom is -0.477 e. The predicted octanol–water partition coefficient (Wildman–Crippen LogP) is 3.64. The summed E-state index contributed by atoms with van der Waals surface area (Å²) >= 11 is 5.84. The number of rotatable bonds is 4. The summed E-state index contributed by atoms with van der Waals surface area (Å²) in [5.41, 5.74) is 1.03. The van der Waals surface area contributed by atoms with E-state index in [9.17, 15) is 20.0 Å². The molecule has 0 saturated heterocycles. The first kappa shape index (κ1) is 15.9. The summed E-state index contributed by atoms with van der Waals surface area (Å²) in [7, 11) is 0. The molecule has 24 heavy (non-hydrogen) atoms. The van der Waals surface area contributed by atoms with Gasteiger partial charge >= 0.3 is 5.97 Å².